The molecule has 3 N–H and O–H groups in total. The first kappa shape index (κ1) is 11.6. The maximum atomic E-state index is 10.6. The van der Waals surface area contributed by atoms with Crippen molar-refractivity contribution in [1.82, 2.24) is 4.72 Å². The summed E-state index contributed by atoms with van der Waals surface area (Å²) < 4.78 is 24.5. The lowest BCUT2D eigenvalue weighted by atomic mass is 10.1. The van der Waals surface area contributed by atoms with E-state index in [0.717, 1.165) is 15.6 Å². The van der Waals surface area contributed by atoms with Crippen LogP contribution < -0.4 is 9.86 Å². The maximum Gasteiger partial charge on any atom is 0.274 e. The van der Waals surface area contributed by atoms with Gasteiger partial charge in [-0.15, -0.1) is 0 Å². The predicted octanol–water partition coefficient (Wildman–Crippen LogP) is 1.05. The highest BCUT2D eigenvalue weighted by molar-refractivity contribution is 9.10. The van der Waals surface area contributed by atoms with Crippen LogP contribution in [0.4, 0.5) is 0 Å². The second-order valence-corrected chi connectivity index (χ2v) is 5.23. The molecule has 14 heavy (non-hydrogen) atoms. The van der Waals surface area contributed by atoms with Crippen molar-refractivity contribution in [1.29, 1.82) is 0 Å². The van der Waals surface area contributed by atoms with Crippen molar-refractivity contribution in [3.63, 3.8) is 0 Å². The fraction of sp³-hybridized carbons (Fsp3) is 0.250. The number of aryl methyl sites for hydroxylation is 1. The van der Waals surface area contributed by atoms with Crippen molar-refractivity contribution >= 4 is 26.1 Å². The number of hydrogen-bond acceptors (Lipinski definition) is 2. The van der Waals surface area contributed by atoms with Gasteiger partial charge < -0.3 is 0 Å². The highest BCUT2D eigenvalue weighted by Crippen LogP contribution is 2.15. The summed E-state index contributed by atoms with van der Waals surface area (Å²) in [6.45, 7) is 2.13. The van der Waals surface area contributed by atoms with Gasteiger partial charge in [0, 0.05) is 11.0 Å². The molecule has 0 unspecified atom stereocenters. The molecule has 0 spiro atoms. The third-order valence-corrected chi connectivity index (χ3v) is 2.81. The fourth-order valence-corrected chi connectivity index (χ4v) is 1.87. The zero-order chi connectivity index (χ0) is 10.8. The Hall–Kier alpha value is -0.430. The highest BCUT2D eigenvalue weighted by atomic mass is 79.9. The van der Waals surface area contributed by atoms with E-state index in [0.29, 0.717) is 0 Å². The normalized spacial score (nSPS) is 11.6. The third kappa shape index (κ3) is 3.75. The molecule has 1 rings (SSSR count). The summed E-state index contributed by atoms with van der Waals surface area (Å²) in [5.41, 5.74) is 1.91. The minimum atomic E-state index is -3.61. The summed E-state index contributed by atoms with van der Waals surface area (Å²) in [4.78, 5) is 0. The Balaban J connectivity index is 2.78. The first-order valence-electron chi connectivity index (χ1n) is 3.91. The second-order valence-electron chi connectivity index (χ2n) is 2.94. The summed E-state index contributed by atoms with van der Waals surface area (Å²) in [6, 6.07) is 5.62. The topological polar surface area (TPSA) is 72.2 Å². The Bertz CT molecular complexity index is 431. The van der Waals surface area contributed by atoms with Gasteiger partial charge in [0.25, 0.3) is 10.2 Å². The molecule has 78 valence electrons. The molecule has 4 nitrogen and oxygen atoms in total. The molecule has 0 aromatic heterocycles. The van der Waals surface area contributed by atoms with Crippen LogP contribution in [0.1, 0.15) is 11.1 Å². The monoisotopic (exact) mass is 278 g/mol. The number of nitrogens with two attached hydrogens (primary N) is 1. The molecule has 1 aromatic rings. The lowest BCUT2D eigenvalue weighted by Crippen LogP contribution is -2.30. The van der Waals surface area contributed by atoms with E-state index >= 15 is 0 Å². The van der Waals surface area contributed by atoms with Gasteiger partial charge in [-0.25, -0.2) is 5.14 Å². The van der Waals surface area contributed by atoms with Crippen LogP contribution in [0.2, 0.25) is 0 Å². The van der Waals surface area contributed by atoms with Crippen molar-refractivity contribution in [2.24, 2.45) is 5.14 Å². The van der Waals surface area contributed by atoms with Crippen molar-refractivity contribution in [2.45, 2.75) is 13.5 Å². The van der Waals surface area contributed by atoms with Gasteiger partial charge >= 0.3 is 0 Å². The van der Waals surface area contributed by atoms with E-state index in [4.69, 9.17) is 5.14 Å². The van der Waals surface area contributed by atoms with Crippen LogP contribution in [0.25, 0.3) is 0 Å². The van der Waals surface area contributed by atoms with Gasteiger partial charge in [-0.2, -0.15) is 13.1 Å². The molecule has 0 saturated carbocycles. The van der Waals surface area contributed by atoms with Crippen LogP contribution in [0.5, 0.6) is 0 Å². The average molecular weight is 279 g/mol. The lowest BCUT2D eigenvalue weighted by Gasteiger charge is -2.06. The summed E-state index contributed by atoms with van der Waals surface area (Å²) in [5, 5.41) is 4.82. The Labute approximate surface area is 91.8 Å². The van der Waals surface area contributed by atoms with E-state index in [-0.39, 0.29) is 6.54 Å². The van der Waals surface area contributed by atoms with Crippen molar-refractivity contribution < 1.29 is 8.42 Å². The van der Waals surface area contributed by atoms with E-state index < -0.39 is 10.2 Å². The smallest absolute Gasteiger partial charge is 0.216 e. The third-order valence-electron chi connectivity index (χ3n) is 1.77. The van der Waals surface area contributed by atoms with Gasteiger partial charge in [-0.3, -0.25) is 0 Å². The van der Waals surface area contributed by atoms with Gasteiger partial charge in [0.05, 0.1) is 0 Å². The fourth-order valence-electron chi connectivity index (χ4n) is 1.04. The number of rotatable bonds is 3. The molecule has 0 aliphatic carbocycles. The van der Waals surface area contributed by atoms with Crippen molar-refractivity contribution in [3.05, 3.63) is 33.8 Å². The van der Waals surface area contributed by atoms with Gasteiger partial charge in [-0.05, 0) is 30.2 Å². The quantitative estimate of drug-likeness (QED) is 0.868. The zero-order valence-electron chi connectivity index (χ0n) is 7.62. The van der Waals surface area contributed by atoms with Crippen LogP contribution in [0.15, 0.2) is 22.7 Å². The first-order chi connectivity index (χ1) is 6.38. The average Bonchev–Trinajstić information content (AvgIpc) is 2.00. The molecule has 0 aliphatic heterocycles. The van der Waals surface area contributed by atoms with Crippen LogP contribution in [0.3, 0.4) is 0 Å². The molecule has 6 heteroatoms. The second kappa shape index (κ2) is 4.39. The molecule has 0 heterocycles. The summed E-state index contributed by atoms with van der Waals surface area (Å²) in [6.07, 6.45) is 0. The lowest BCUT2D eigenvalue weighted by molar-refractivity contribution is 0.583. The Morgan fingerprint density at radius 2 is 2.14 bits per heavy atom. The summed E-state index contributed by atoms with van der Waals surface area (Å²) in [7, 11) is -3.61. The van der Waals surface area contributed by atoms with Crippen LogP contribution in [0, 0.1) is 6.92 Å². The van der Waals surface area contributed by atoms with Crippen molar-refractivity contribution in [3.8, 4) is 0 Å². The molecule has 0 saturated heterocycles. The van der Waals surface area contributed by atoms with E-state index in [1.807, 2.05) is 25.1 Å². The molecule has 0 atom stereocenters. The Kier molecular flexibility index (Phi) is 3.65. The van der Waals surface area contributed by atoms with E-state index in [1.165, 1.54) is 0 Å². The number of benzene rings is 1. The molecule has 0 radical (unpaired) electrons. The first-order valence-corrected chi connectivity index (χ1v) is 6.25. The van der Waals surface area contributed by atoms with E-state index in [2.05, 4.69) is 20.7 Å². The van der Waals surface area contributed by atoms with Gasteiger partial charge in [0.1, 0.15) is 0 Å². The molecular formula is C8H11BrN2O2S. The minimum absolute atomic E-state index is 0.220. The predicted molar refractivity (Wildman–Crippen MR) is 58.8 cm³/mol. The largest absolute Gasteiger partial charge is 0.274 e. The highest BCUT2D eigenvalue weighted by Gasteiger charge is 2.03. The standard InChI is InChI=1S/C8H11BrN2O2S/c1-6-4-8(9)3-2-7(6)5-11-14(10,12)13/h2-4,11H,5H2,1H3,(H2,10,12,13). The molecule has 0 bridgehead atoms. The number of hydrogen-bond donors (Lipinski definition) is 2. The van der Waals surface area contributed by atoms with Gasteiger partial charge in [-0.1, -0.05) is 22.0 Å². The summed E-state index contributed by atoms with van der Waals surface area (Å²) >= 11 is 3.32. The summed E-state index contributed by atoms with van der Waals surface area (Å²) in [5.74, 6) is 0. The maximum absolute atomic E-state index is 10.6. The molecule has 0 fully saturated rings. The molecule has 0 aliphatic rings. The van der Waals surface area contributed by atoms with E-state index in [1.54, 1.807) is 0 Å². The molecule has 0 amide bonds. The van der Waals surface area contributed by atoms with Crippen molar-refractivity contribution in [2.75, 3.05) is 0 Å². The Morgan fingerprint density at radius 1 is 1.50 bits per heavy atom. The molecule has 1 aromatic carbocycles. The van der Waals surface area contributed by atoms with E-state index in [9.17, 15) is 8.42 Å². The number of halogens is 1. The number of nitrogens with one attached hydrogen (secondary N) is 1. The zero-order valence-corrected chi connectivity index (χ0v) is 10.0. The minimum Gasteiger partial charge on any atom is -0.216 e. The Morgan fingerprint density at radius 3 is 2.64 bits per heavy atom. The van der Waals surface area contributed by atoms with Gasteiger partial charge in [0.15, 0.2) is 0 Å². The van der Waals surface area contributed by atoms with Crippen LogP contribution >= 0.6 is 15.9 Å². The van der Waals surface area contributed by atoms with Gasteiger partial charge in [0.2, 0.25) is 0 Å². The molecular weight excluding hydrogens is 268 g/mol. The van der Waals surface area contributed by atoms with Crippen LogP contribution in [-0.4, -0.2) is 8.42 Å². The SMILES string of the molecule is Cc1cc(Br)ccc1CNS(N)(=O)=O. The van der Waals surface area contributed by atoms with Crippen LogP contribution in [-0.2, 0) is 16.8 Å².